The van der Waals surface area contributed by atoms with Crippen LogP contribution in [0.1, 0.15) is 63.2 Å². The third kappa shape index (κ3) is 7.58. The summed E-state index contributed by atoms with van der Waals surface area (Å²) in [5.41, 5.74) is 1.70. The summed E-state index contributed by atoms with van der Waals surface area (Å²) < 4.78 is 17.4. The molecule has 0 aliphatic rings. The average Bonchev–Trinajstić information content (AvgIpc) is 2.88. The van der Waals surface area contributed by atoms with Crippen LogP contribution in [0.2, 0.25) is 0 Å². The topological polar surface area (TPSA) is 70.5 Å². The Kier molecular flexibility index (Phi) is 9.89. The van der Waals surface area contributed by atoms with Gasteiger partial charge in [-0.3, -0.25) is 9.97 Å². The standard InChI is InChI=1S/C28H34N2O4/c1-4-6-7-8-17-32-23-11-9-22(10-12-23)28(31)34-27-14-13-24(33-20-21(3)5-2)18-25(27)26-19-29-15-16-30-26/h9-16,18-19,21H,4-8,17,20H2,1-3H3. The van der Waals surface area contributed by atoms with E-state index in [1.165, 1.54) is 12.8 Å². The quantitative estimate of drug-likeness (QED) is 0.159. The van der Waals surface area contributed by atoms with E-state index < -0.39 is 5.97 Å². The molecule has 1 unspecified atom stereocenters. The fourth-order valence-electron chi connectivity index (χ4n) is 3.25. The molecule has 0 saturated carbocycles. The molecule has 0 N–H and O–H groups in total. The van der Waals surface area contributed by atoms with Crippen LogP contribution in [0, 0.1) is 5.92 Å². The zero-order valence-corrected chi connectivity index (χ0v) is 20.3. The SMILES string of the molecule is CCCCCCOc1ccc(C(=O)Oc2ccc(OCC(C)CC)cc2-c2cnccn2)cc1. The Bertz CT molecular complexity index is 1020. The summed E-state index contributed by atoms with van der Waals surface area (Å²) in [5, 5.41) is 0. The molecule has 1 heterocycles. The minimum absolute atomic E-state index is 0.401. The Balaban J connectivity index is 1.70. The molecule has 6 nitrogen and oxygen atoms in total. The summed E-state index contributed by atoms with van der Waals surface area (Å²) in [7, 11) is 0. The van der Waals surface area contributed by atoms with Crippen LogP contribution in [0.3, 0.4) is 0 Å². The maximum absolute atomic E-state index is 12.8. The van der Waals surface area contributed by atoms with E-state index in [9.17, 15) is 4.79 Å². The van der Waals surface area contributed by atoms with Crippen LogP contribution in [0.25, 0.3) is 11.3 Å². The van der Waals surface area contributed by atoms with Crippen molar-refractivity contribution in [2.45, 2.75) is 52.9 Å². The maximum atomic E-state index is 12.8. The number of nitrogens with zero attached hydrogens (tertiary/aromatic N) is 2. The highest BCUT2D eigenvalue weighted by Crippen LogP contribution is 2.33. The van der Waals surface area contributed by atoms with Gasteiger partial charge in [-0.2, -0.15) is 0 Å². The highest BCUT2D eigenvalue weighted by atomic mass is 16.5. The van der Waals surface area contributed by atoms with E-state index in [1.807, 2.05) is 6.07 Å². The van der Waals surface area contributed by atoms with Gasteiger partial charge in [0, 0.05) is 18.0 Å². The summed E-state index contributed by atoms with van der Waals surface area (Å²) in [5.74, 6) is 1.84. The van der Waals surface area contributed by atoms with E-state index in [0.29, 0.717) is 47.5 Å². The van der Waals surface area contributed by atoms with Crippen LogP contribution < -0.4 is 14.2 Å². The van der Waals surface area contributed by atoms with Crippen molar-refractivity contribution in [3.63, 3.8) is 0 Å². The van der Waals surface area contributed by atoms with Gasteiger partial charge in [-0.25, -0.2) is 4.79 Å². The molecule has 0 fully saturated rings. The summed E-state index contributed by atoms with van der Waals surface area (Å²) in [6.45, 7) is 7.75. The van der Waals surface area contributed by atoms with Crippen molar-refractivity contribution in [2.75, 3.05) is 13.2 Å². The molecule has 2 aromatic carbocycles. The van der Waals surface area contributed by atoms with Gasteiger partial charge in [-0.15, -0.1) is 0 Å². The number of carbonyl (C=O) groups is 1. The molecule has 0 radical (unpaired) electrons. The molecule has 1 aromatic heterocycles. The van der Waals surface area contributed by atoms with Gasteiger partial charge >= 0.3 is 5.97 Å². The first-order valence-corrected chi connectivity index (χ1v) is 12.1. The summed E-state index contributed by atoms with van der Waals surface area (Å²) in [6.07, 6.45) is 10.5. The second-order valence-electron chi connectivity index (χ2n) is 8.40. The number of rotatable bonds is 13. The van der Waals surface area contributed by atoms with Crippen molar-refractivity contribution in [1.29, 1.82) is 0 Å². The molecule has 0 amide bonds. The van der Waals surface area contributed by atoms with Gasteiger partial charge in [0.2, 0.25) is 0 Å². The largest absolute Gasteiger partial charge is 0.494 e. The lowest BCUT2D eigenvalue weighted by Crippen LogP contribution is -2.10. The van der Waals surface area contributed by atoms with Crippen LogP contribution >= 0.6 is 0 Å². The van der Waals surface area contributed by atoms with E-state index in [0.717, 1.165) is 25.0 Å². The number of esters is 1. The first-order valence-electron chi connectivity index (χ1n) is 12.1. The van der Waals surface area contributed by atoms with Crippen molar-refractivity contribution in [2.24, 2.45) is 5.92 Å². The van der Waals surface area contributed by atoms with Gasteiger partial charge in [-0.1, -0.05) is 46.5 Å². The molecule has 0 bridgehead atoms. The first kappa shape index (κ1) is 25.2. The van der Waals surface area contributed by atoms with Crippen molar-refractivity contribution in [1.82, 2.24) is 9.97 Å². The van der Waals surface area contributed by atoms with E-state index in [4.69, 9.17) is 14.2 Å². The number of hydrogen-bond acceptors (Lipinski definition) is 6. The predicted molar refractivity (Wildman–Crippen MR) is 133 cm³/mol. The second-order valence-corrected chi connectivity index (χ2v) is 8.40. The molecule has 0 aliphatic heterocycles. The normalized spacial score (nSPS) is 11.6. The minimum atomic E-state index is -0.451. The van der Waals surface area contributed by atoms with Crippen LogP contribution in [0.4, 0.5) is 0 Å². The lowest BCUT2D eigenvalue weighted by atomic mass is 10.1. The Morgan fingerprint density at radius 3 is 2.44 bits per heavy atom. The Labute approximate surface area is 202 Å². The van der Waals surface area contributed by atoms with Crippen molar-refractivity contribution < 1.29 is 19.0 Å². The zero-order valence-electron chi connectivity index (χ0n) is 20.3. The number of benzene rings is 2. The highest BCUT2D eigenvalue weighted by Gasteiger charge is 2.16. The summed E-state index contributed by atoms with van der Waals surface area (Å²) >= 11 is 0. The molecule has 0 spiro atoms. The number of carbonyl (C=O) groups excluding carboxylic acids is 1. The molecule has 3 aromatic rings. The predicted octanol–water partition coefficient (Wildman–Crippen LogP) is 6.75. The molecule has 6 heteroatoms. The van der Waals surface area contributed by atoms with E-state index in [1.54, 1.807) is 55.0 Å². The van der Waals surface area contributed by atoms with Crippen LogP contribution in [0.15, 0.2) is 61.1 Å². The molecule has 180 valence electrons. The maximum Gasteiger partial charge on any atom is 0.343 e. The van der Waals surface area contributed by atoms with Crippen LogP contribution in [-0.2, 0) is 0 Å². The van der Waals surface area contributed by atoms with Gasteiger partial charge in [0.1, 0.15) is 17.2 Å². The molecular formula is C28H34N2O4. The fraction of sp³-hybridized carbons (Fsp3) is 0.393. The zero-order chi connectivity index (χ0) is 24.2. The number of hydrogen-bond donors (Lipinski definition) is 0. The summed E-state index contributed by atoms with van der Waals surface area (Å²) in [6, 6.07) is 12.4. The Morgan fingerprint density at radius 2 is 1.74 bits per heavy atom. The van der Waals surface area contributed by atoms with Crippen molar-refractivity contribution in [3.8, 4) is 28.5 Å². The Morgan fingerprint density at radius 1 is 0.941 bits per heavy atom. The van der Waals surface area contributed by atoms with Gasteiger partial charge in [0.15, 0.2) is 0 Å². The molecule has 0 saturated heterocycles. The summed E-state index contributed by atoms with van der Waals surface area (Å²) in [4.78, 5) is 21.4. The molecule has 3 rings (SSSR count). The first-order chi connectivity index (χ1) is 16.6. The lowest BCUT2D eigenvalue weighted by Gasteiger charge is -2.14. The van der Waals surface area contributed by atoms with Crippen molar-refractivity contribution in [3.05, 3.63) is 66.6 Å². The Hall–Kier alpha value is -3.41. The number of aromatic nitrogens is 2. The fourth-order valence-corrected chi connectivity index (χ4v) is 3.25. The van der Waals surface area contributed by atoms with E-state index >= 15 is 0 Å². The van der Waals surface area contributed by atoms with Gasteiger partial charge in [0.25, 0.3) is 0 Å². The van der Waals surface area contributed by atoms with E-state index in [-0.39, 0.29) is 0 Å². The van der Waals surface area contributed by atoms with Gasteiger partial charge in [0.05, 0.1) is 30.7 Å². The van der Waals surface area contributed by atoms with Gasteiger partial charge in [-0.05, 0) is 54.8 Å². The lowest BCUT2D eigenvalue weighted by molar-refractivity contribution is 0.0735. The number of unbranched alkanes of at least 4 members (excludes halogenated alkanes) is 3. The molecule has 0 aliphatic carbocycles. The average molecular weight is 463 g/mol. The monoisotopic (exact) mass is 462 g/mol. The van der Waals surface area contributed by atoms with Crippen LogP contribution in [0.5, 0.6) is 17.2 Å². The minimum Gasteiger partial charge on any atom is -0.494 e. The molecule has 34 heavy (non-hydrogen) atoms. The highest BCUT2D eigenvalue weighted by molar-refractivity contribution is 5.92. The third-order valence-electron chi connectivity index (χ3n) is 5.58. The van der Waals surface area contributed by atoms with Crippen molar-refractivity contribution >= 4 is 5.97 Å². The molecule has 1 atom stereocenters. The third-order valence-corrected chi connectivity index (χ3v) is 5.58. The molecular weight excluding hydrogens is 428 g/mol. The van der Waals surface area contributed by atoms with E-state index in [2.05, 4.69) is 30.7 Å². The second kappa shape index (κ2) is 13.3. The number of ether oxygens (including phenoxy) is 3. The van der Waals surface area contributed by atoms with Crippen LogP contribution in [-0.4, -0.2) is 29.2 Å². The van der Waals surface area contributed by atoms with Gasteiger partial charge < -0.3 is 14.2 Å². The smallest absolute Gasteiger partial charge is 0.343 e.